The summed E-state index contributed by atoms with van der Waals surface area (Å²) in [5.74, 6) is 0.939. The molecule has 0 aromatic carbocycles. The largest absolute Gasteiger partial charge is 0.456 e. The average Bonchev–Trinajstić information content (AvgIpc) is 2.71. The van der Waals surface area contributed by atoms with Crippen molar-refractivity contribution in [2.24, 2.45) is 34.8 Å². The number of carbonyl (C=O) groups excluding carboxylic acids is 4. The van der Waals surface area contributed by atoms with Crippen molar-refractivity contribution in [3.05, 3.63) is 0 Å². The predicted octanol–water partition coefficient (Wildman–Crippen LogP) is 0.976. The minimum atomic E-state index is -0.485. The van der Waals surface area contributed by atoms with E-state index in [1.807, 2.05) is 0 Å². The topological polar surface area (TPSA) is 119 Å². The summed E-state index contributed by atoms with van der Waals surface area (Å²) in [7, 11) is 0. The predicted molar refractivity (Wildman–Crippen MR) is 108 cm³/mol. The number of hydrogen-bond donors (Lipinski definition) is 2. The molecule has 0 aromatic rings. The number of ether oxygens (including phenoxy) is 1. The number of amides is 3. The van der Waals surface area contributed by atoms with E-state index in [0.29, 0.717) is 43.7 Å². The van der Waals surface area contributed by atoms with Gasteiger partial charge in [-0.25, -0.2) is 0 Å². The number of primary amides is 1. The van der Waals surface area contributed by atoms with E-state index in [-0.39, 0.29) is 48.6 Å². The fraction of sp³-hybridized carbons (Fsp3) is 0.818. The van der Waals surface area contributed by atoms with Crippen molar-refractivity contribution in [2.75, 3.05) is 26.2 Å². The maximum absolute atomic E-state index is 12.9. The summed E-state index contributed by atoms with van der Waals surface area (Å²) in [6.45, 7) is 0.844. The van der Waals surface area contributed by atoms with E-state index in [1.54, 1.807) is 4.90 Å². The van der Waals surface area contributed by atoms with Gasteiger partial charge in [0, 0.05) is 31.0 Å². The third-order valence-corrected chi connectivity index (χ3v) is 7.74. The van der Waals surface area contributed by atoms with Crippen LogP contribution in [0.1, 0.15) is 57.8 Å². The summed E-state index contributed by atoms with van der Waals surface area (Å²) in [5, 5.41) is 2.96. The molecule has 5 fully saturated rings. The highest BCUT2D eigenvalue weighted by Crippen LogP contribution is 2.60. The normalized spacial score (nSPS) is 32.7. The van der Waals surface area contributed by atoms with E-state index in [1.165, 1.54) is 19.3 Å². The molecule has 1 heterocycles. The molecule has 0 aromatic heterocycles. The Morgan fingerprint density at radius 3 is 2.07 bits per heavy atom. The molecular weight excluding hydrogens is 386 g/mol. The molecule has 0 radical (unpaired) electrons. The van der Waals surface area contributed by atoms with E-state index in [9.17, 15) is 19.2 Å². The van der Waals surface area contributed by atoms with E-state index in [4.69, 9.17) is 10.5 Å². The van der Waals surface area contributed by atoms with Gasteiger partial charge in [-0.05, 0) is 69.1 Å². The Bertz CT molecular complexity index is 678. The second kappa shape index (κ2) is 8.55. The molecular formula is C22H33N3O5. The van der Waals surface area contributed by atoms with Crippen molar-refractivity contribution in [3.63, 3.8) is 0 Å². The summed E-state index contributed by atoms with van der Waals surface area (Å²) in [4.78, 5) is 49.8. The number of esters is 1. The molecule has 1 saturated heterocycles. The van der Waals surface area contributed by atoms with Crippen LogP contribution in [0.5, 0.6) is 0 Å². The second-order valence-electron chi connectivity index (χ2n) is 9.92. The molecule has 3 N–H and O–H groups in total. The minimum Gasteiger partial charge on any atom is -0.456 e. The number of piperidine rings is 1. The molecule has 1 aliphatic heterocycles. The zero-order valence-electron chi connectivity index (χ0n) is 17.6. The van der Waals surface area contributed by atoms with Crippen molar-refractivity contribution in [2.45, 2.75) is 57.8 Å². The lowest BCUT2D eigenvalue weighted by atomic mass is 9.49. The van der Waals surface area contributed by atoms with Crippen molar-refractivity contribution >= 4 is 23.7 Å². The fourth-order valence-electron chi connectivity index (χ4n) is 6.57. The molecule has 5 aliphatic rings. The van der Waals surface area contributed by atoms with E-state index >= 15 is 0 Å². The summed E-state index contributed by atoms with van der Waals surface area (Å²) in [5.41, 5.74) is 5.08. The van der Waals surface area contributed by atoms with Crippen LogP contribution in [0.15, 0.2) is 0 Å². The summed E-state index contributed by atoms with van der Waals surface area (Å²) < 4.78 is 5.09. The van der Waals surface area contributed by atoms with Crippen LogP contribution < -0.4 is 11.1 Å². The molecule has 3 amide bonds. The first-order valence-electron chi connectivity index (χ1n) is 11.4. The zero-order chi connectivity index (χ0) is 21.3. The van der Waals surface area contributed by atoms with E-state index in [0.717, 1.165) is 19.3 Å². The van der Waals surface area contributed by atoms with Crippen LogP contribution in [0, 0.1) is 29.1 Å². The molecule has 4 saturated carbocycles. The molecule has 0 atom stereocenters. The lowest BCUT2D eigenvalue weighted by Crippen LogP contribution is -2.53. The van der Waals surface area contributed by atoms with Gasteiger partial charge in [-0.15, -0.1) is 0 Å². The van der Waals surface area contributed by atoms with Gasteiger partial charge in [0.1, 0.15) is 0 Å². The maximum atomic E-state index is 12.9. The lowest BCUT2D eigenvalue weighted by molar-refractivity contribution is -0.153. The second-order valence-corrected chi connectivity index (χ2v) is 9.92. The first-order chi connectivity index (χ1) is 14.3. The first kappa shape index (κ1) is 21.1. The molecule has 0 unspecified atom stereocenters. The van der Waals surface area contributed by atoms with Crippen LogP contribution in [0.2, 0.25) is 0 Å². The molecule has 4 bridgehead atoms. The first-order valence-corrected chi connectivity index (χ1v) is 11.4. The molecule has 8 heteroatoms. The van der Waals surface area contributed by atoms with E-state index in [2.05, 4.69) is 5.32 Å². The summed E-state index contributed by atoms with van der Waals surface area (Å²) in [6.07, 6.45) is 8.00. The van der Waals surface area contributed by atoms with Gasteiger partial charge in [0.25, 0.3) is 5.91 Å². The van der Waals surface area contributed by atoms with Gasteiger partial charge in [-0.1, -0.05) is 0 Å². The van der Waals surface area contributed by atoms with Crippen LogP contribution in [0.3, 0.4) is 0 Å². The third kappa shape index (κ3) is 4.47. The molecule has 4 aliphatic carbocycles. The van der Waals surface area contributed by atoms with Gasteiger partial charge in [-0.2, -0.15) is 0 Å². The minimum absolute atomic E-state index is 0.0646. The average molecular weight is 420 g/mol. The number of hydrogen-bond acceptors (Lipinski definition) is 5. The highest BCUT2D eigenvalue weighted by atomic mass is 16.5. The Labute approximate surface area is 177 Å². The number of nitrogens with zero attached hydrogens (tertiary/aromatic N) is 1. The number of likely N-dealkylation sites (tertiary alicyclic amines) is 1. The highest BCUT2D eigenvalue weighted by Gasteiger charge is 2.54. The Morgan fingerprint density at radius 2 is 1.53 bits per heavy atom. The summed E-state index contributed by atoms with van der Waals surface area (Å²) in [6, 6.07) is 0. The van der Waals surface area contributed by atoms with Crippen LogP contribution >= 0.6 is 0 Å². The Kier molecular flexibility index (Phi) is 6.02. The Balaban J connectivity index is 1.14. The monoisotopic (exact) mass is 419 g/mol. The van der Waals surface area contributed by atoms with Crippen LogP contribution in [-0.2, 0) is 23.9 Å². The van der Waals surface area contributed by atoms with Crippen LogP contribution in [0.4, 0.5) is 0 Å². The summed E-state index contributed by atoms with van der Waals surface area (Å²) >= 11 is 0. The SMILES string of the molecule is NC(=O)C1CCN(C(=O)COC(=O)CCNC(=O)C23CC4CC(CC(C4)C2)C3)CC1. The molecule has 30 heavy (non-hydrogen) atoms. The smallest absolute Gasteiger partial charge is 0.308 e. The lowest BCUT2D eigenvalue weighted by Gasteiger charge is -2.55. The number of nitrogens with two attached hydrogens (primary N) is 1. The van der Waals surface area contributed by atoms with Crippen LogP contribution in [0.25, 0.3) is 0 Å². The maximum Gasteiger partial charge on any atom is 0.308 e. The van der Waals surface area contributed by atoms with Crippen molar-refractivity contribution < 1.29 is 23.9 Å². The number of rotatable bonds is 7. The molecule has 5 rings (SSSR count). The quantitative estimate of drug-likeness (QED) is 0.596. The van der Waals surface area contributed by atoms with Gasteiger partial charge < -0.3 is 20.7 Å². The number of nitrogens with one attached hydrogen (secondary N) is 1. The van der Waals surface area contributed by atoms with Gasteiger partial charge in [0.2, 0.25) is 11.8 Å². The van der Waals surface area contributed by atoms with Gasteiger partial charge in [0.05, 0.1) is 6.42 Å². The fourth-order valence-corrected chi connectivity index (χ4v) is 6.57. The van der Waals surface area contributed by atoms with Crippen molar-refractivity contribution in [3.8, 4) is 0 Å². The molecule has 8 nitrogen and oxygen atoms in total. The van der Waals surface area contributed by atoms with Gasteiger partial charge in [-0.3, -0.25) is 19.2 Å². The standard InChI is InChI=1S/C22H33N3O5/c23-20(28)17-2-5-25(6-3-17)18(26)13-30-19(27)1-4-24-21(29)22-10-14-7-15(11-22)9-16(8-14)12-22/h14-17H,1-13H2,(H2,23,28)(H,24,29). The highest BCUT2D eigenvalue weighted by molar-refractivity contribution is 5.84. The van der Waals surface area contributed by atoms with Crippen LogP contribution in [-0.4, -0.2) is 54.8 Å². The molecule has 166 valence electrons. The van der Waals surface area contributed by atoms with E-state index < -0.39 is 5.97 Å². The number of carbonyl (C=O) groups is 4. The molecule has 0 spiro atoms. The van der Waals surface area contributed by atoms with Gasteiger partial charge >= 0.3 is 5.97 Å². The van der Waals surface area contributed by atoms with Crippen molar-refractivity contribution in [1.82, 2.24) is 10.2 Å². The zero-order valence-corrected chi connectivity index (χ0v) is 17.6. The van der Waals surface area contributed by atoms with Gasteiger partial charge in [0.15, 0.2) is 6.61 Å². The Hall–Kier alpha value is -2.12. The van der Waals surface area contributed by atoms with Crippen molar-refractivity contribution in [1.29, 1.82) is 0 Å². The Morgan fingerprint density at radius 1 is 0.967 bits per heavy atom. The third-order valence-electron chi connectivity index (χ3n) is 7.74.